The maximum Gasteiger partial charge on any atom is 0.434 e. The van der Waals surface area contributed by atoms with Crippen LogP contribution in [0, 0.1) is 0 Å². The molecule has 1 amide bonds. The van der Waals surface area contributed by atoms with Crippen LogP contribution in [0.5, 0.6) is 0 Å². The average Bonchev–Trinajstić information content (AvgIpc) is 2.26. The van der Waals surface area contributed by atoms with Crippen LogP contribution in [-0.2, 0) is 6.18 Å². The number of hydrogen-bond donors (Lipinski definition) is 1. The number of carbonyl (C=O) groups excluding carboxylic acids is 1. The molecule has 0 radical (unpaired) electrons. The van der Waals surface area contributed by atoms with E-state index in [0.29, 0.717) is 5.39 Å². The van der Waals surface area contributed by atoms with E-state index in [4.69, 9.17) is 5.73 Å². The fourth-order valence-corrected chi connectivity index (χ4v) is 1.42. The quantitative estimate of drug-likeness (QED) is 0.826. The van der Waals surface area contributed by atoms with Gasteiger partial charge in [0.2, 0.25) is 0 Å². The molecule has 2 aromatic heterocycles. The van der Waals surface area contributed by atoms with Crippen molar-refractivity contribution in [2.75, 3.05) is 0 Å². The highest BCUT2D eigenvalue weighted by Gasteiger charge is 2.37. The molecule has 0 unspecified atom stereocenters. The van der Waals surface area contributed by atoms with E-state index < -0.39 is 23.3 Å². The van der Waals surface area contributed by atoms with Gasteiger partial charge in [-0.05, 0) is 12.1 Å². The fraction of sp³-hybridized carbons (Fsp3) is 0.100. The Morgan fingerprint density at radius 1 is 1.35 bits per heavy atom. The molecule has 2 heterocycles. The molecule has 0 aromatic carbocycles. The first-order chi connectivity index (χ1) is 7.89. The van der Waals surface area contributed by atoms with Crippen LogP contribution in [0.15, 0.2) is 24.5 Å². The molecule has 0 saturated heterocycles. The molecule has 2 aromatic rings. The zero-order chi connectivity index (χ0) is 12.6. The maximum absolute atomic E-state index is 12.7. The Kier molecular flexibility index (Phi) is 2.45. The number of pyridine rings is 2. The lowest BCUT2D eigenvalue weighted by Gasteiger charge is -2.10. The Bertz CT molecular complexity index is 595. The molecule has 0 aliphatic rings. The SMILES string of the molecule is NC(=O)c1cc2cnccc2nc1C(F)(F)F. The van der Waals surface area contributed by atoms with Gasteiger partial charge in [0.15, 0.2) is 5.69 Å². The van der Waals surface area contributed by atoms with Crippen LogP contribution in [0.1, 0.15) is 16.1 Å². The van der Waals surface area contributed by atoms with Gasteiger partial charge < -0.3 is 5.73 Å². The second-order valence-corrected chi connectivity index (χ2v) is 3.31. The standard InChI is InChI=1S/C10H6F3N3O/c11-10(12,13)8-6(9(14)17)3-5-4-15-2-1-7(5)16-8/h1-4H,(H2,14,17). The second-order valence-electron chi connectivity index (χ2n) is 3.31. The molecule has 0 saturated carbocycles. The van der Waals surface area contributed by atoms with Crippen LogP contribution < -0.4 is 5.73 Å². The zero-order valence-electron chi connectivity index (χ0n) is 8.32. The van der Waals surface area contributed by atoms with E-state index in [-0.39, 0.29) is 5.52 Å². The Hall–Kier alpha value is -2.18. The summed E-state index contributed by atoms with van der Waals surface area (Å²) < 4.78 is 38.0. The summed E-state index contributed by atoms with van der Waals surface area (Å²) in [6, 6.07) is 2.37. The lowest BCUT2D eigenvalue weighted by Crippen LogP contribution is -2.20. The summed E-state index contributed by atoms with van der Waals surface area (Å²) in [5, 5.41) is 0.328. The highest BCUT2D eigenvalue weighted by atomic mass is 19.4. The van der Waals surface area contributed by atoms with Gasteiger partial charge in [0.25, 0.3) is 5.91 Å². The summed E-state index contributed by atoms with van der Waals surface area (Å²) in [6.07, 6.45) is -2.09. The van der Waals surface area contributed by atoms with Gasteiger partial charge in [0, 0.05) is 17.8 Å². The first-order valence-electron chi connectivity index (χ1n) is 4.51. The van der Waals surface area contributed by atoms with E-state index in [1.165, 1.54) is 18.5 Å². The first kappa shape index (κ1) is 11.3. The van der Waals surface area contributed by atoms with Crippen molar-refractivity contribution in [1.29, 1.82) is 0 Å². The number of rotatable bonds is 1. The Balaban J connectivity index is 2.80. The van der Waals surface area contributed by atoms with Gasteiger partial charge in [-0.1, -0.05) is 0 Å². The van der Waals surface area contributed by atoms with Crippen LogP contribution >= 0.6 is 0 Å². The van der Waals surface area contributed by atoms with Crippen molar-refractivity contribution in [2.24, 2.45) is 5.73 Å². The summed E-state index contributed by atoms with van der Waals surface area (Å²) in [6.45, 7) is 0. The Labute approximate surface area is 93.3 Å². The minimum atomic E-state index is -4.72. The topological polar surface area (TPSA) is 68.9 Å². The number of carbonyl (C=O) groups is 1. The number of nitrogens with two attached hydrogens (primary N) is 1. The number of halogens is 3. The normalized spacial score (nSPS) is 11.7. The van der Waals surface area contributed by atoms with Crippen LogP contribution in [-0.4, -0.2) is 15.9 Å². The summed E-state index contributed by atoms with van der Waals surface area (Å²) in [7, 11) is 0. The number of alkyl halides is 3. The van der Waals surface area contributed by atoms with E-state index >= 15 is 0 Å². The van der Waals surface area contributed by atoms with Crippen molar-refractivity contribution in [3.05, 3.63) is 35.8 Å². The molecule has 88 valence electrons. The molecule has 0 atom stereocenters. The smallest absolute Gasteiger partial charge is 0.366 e. The molecule has 2 rings (SSSR count). The van der Waals surface area contributed by atoms with E-state index in [0.717, 1.165) is 6.07 Å². The zero-order valence-corrected chi connectivity index (χ0v) is 8.32. The molecule has 17 heavy (non-hydrogen) atoms. The van der Waals surface area contributed by atoms with Gasteiger partial charge in [0.1, 0.15) is 0 Å². The van der Waals surface area contributed by atoms with E-state index in [9.17, 15) is 18.0 Å². The van der Waals surface area contributed by atoms with Crippen molar-refractivity contribution in [1.82, 2.24) is 9.97 Å². The van der Waals surface area contributed by atoms with Crippen LogP contribution in [0.25, 0.3) is 10.9 Å². The average molecular weight is 241 g/mol. The van der Waals surface area contributed by atoms with Gasteiger partial charge in [0.05, 0.1) is 11.1 Å². The number of primary amides is 1. The lowest BCUT2D eigenvalue weighted by molar-refractivity contribution is -0.141. The van der Waals surface area contributed by atoms with E-state index in [2.05, 4.69) is 9.97 Å². The number of hydrogen-bond acceptors (Lipinski definition) is 3. The van der Waals surface area contributed by atoms with Crippen LogP contribution in [0.4, 0.5) is 13.2 Å². The molecule has 0 fully saturated rings. The third-order valence-corrected chi connectivity index (χ3v) is 2.15. The third kappa shape index (κ3) is 2.03. The third-order valence-electron chi connectivity index (χ3n) is 2.15. The van der Waals surface area contributed by atoms with Crippen LogP contribution in [0.3, 0.4) is 0 Å². The van der Waals surface area contributed by atoms with E-state index in [1.54, 1.807) is 0 Å². The first-order valence-corrected chi connectivity index (χ1v) is 4.51. The molecule has 4 nitrogen and oxygen atoms in total. The predicted octanol–water partition coefficient (Wildman–Crippen LogP) is 1.75. The van der Waals surface area contributed by atoms with Gasteiger partial charge >= 0.3 is 6.18 Å². The summed E-state index contributed by atoms with van der Waals surface area (Å²) in [5.74, 6) is -1.17. The summed E-state index contributed by atoms with van der Waals surface area (Å²) in [4.78, 5) is 18.1. The highest BCUT2D eigenvalue weighted by Crippen LogP contribution is 2.31. The fourth-order valence-electron chi connectivity index (χ4n) is 1.42. The van der Waals surface area contributed by atoms with Gasteiger partial charge in [-0.15, -0.1) is 0 Å². The maximum atomic E-state index is 12.7. The molecule has 0 bridgehead atoms. The molecule has 0 spiro atoms. The van der Waals surface area contributed by atoms with Gasteiger partial charge in [-0.2, -0.15) is 13.2 Å². The summed E-state index contributed by atoms with van der Waals surface area (Å²) >= 11 is 0. The highest BCUT2D eigenvalue weighted by molar-refractivity contribution is 5.97. The lowest BCUT2D eigenvalue weighted by atomic mass is 10.1. The van der Waals surface area contributed by atoms with Crippen molar-refractivity contribution < 1.29 is 18.0 Å². The monoisotopic (exact) mass is 241 g/mol. The molecule has 7 heteroatoms. The number of nitrogens with zero attached hydrogens (tertiary/aromatic N) is 2. The molecule has 2 N–H and O–H groups in total. The van der Waals surface area contributed by atoms with Crippen molar-refractivity contribution in [2.45, 2.75) is 6.18 Å². The van der Waals surface area contributed by atoms with Crippen molar-refractivity contribution in [3.8, 4) is 0 Å². The largest absolute Gasteiger partial charge is 0.434 e. The van der Waals surface area contributed by atoms with E-state index in [1.807, 2.05) is 0 Å². The number of amides is 1. The predicted molar refractivity (Wildman–Crippen MR) is 53.1 cm³/mol. The van der Waals surface area contributed by atoms with Crippen molar-refractivity contribution >= 4 is 16.8 Å². The summed E-state index contributed by atoms with van der Waals surface area (Å²) in [5.41, 5.74) is 3.08. The van der Waals surface area contributed by atoms with Gasteiger partial charge in [-0.25, -0.2) is 4.98 Å². The Morgan fingerprint density at radius 3 is 2.65 bits per heavy atom. The molecular formula is C10H6F3N3O. The minimum Gasteiger partial charge on any atom is -0.366 e. The van der Waals surface area contributed by atoms with Crippen LogP contribution in [0.2, 0.25) is 0 Å². The molecule has 0 aliphatic heterocycles. The minimum absolute atomic E-state index is 0.109. The molecule has 0 aliphatic carbocycles. The van der Waals surface area contributed by atoms with Gasteiger partial charge in [-0.3, -0.25) is 9.78 Å². The molecular weight excluding hydrogens is 235 g/mol. The van der Waals surface area contributed by atoms with Crippen molar-refractivity contribution in [3.63, 3.8) is 0 Å². The number of aromatic nitrogens is 2. The number of fused-ring (bicyclic) bond motifs is 1. The Morgan fingerprint density at radius 2 is 2.06 bits per heavy atom. The second kappa shape index (κ2) is 3.69.